The molecule has 170 valence electrons. The number of alkyl halides is 3. The Morgan fingerprint density at radius 2 is 2.00 bits per heavy atom. The van der Waals surface area contributed by atoms with Gasteiger partial charge in [0.2, 0.25) is 0 Å². The summed E-state index contributed by atoms with van der Waals surface area (Å²) < 4.78 is 40.8. The molecule has 3 aromatic rings. The number of carbonyl (C=O) groups is 2. The van der Waals surface area contributed by atoms with Crippen LogP contribution in [-0.4, -0.2) is 38.0 Å². The molecule has 0 bridgehead atoms. The Hall–Kier alpha value is -4.02. The van der Waals surface area contributed by atoms with Crippen molar-refractivity contribution in [1.82, 2.24) is 19.7 Å². The fourth-order valence-corrected chi connectivity index (χ4v) is 3.74. The second kappa shape index (κ2) is 8.15. The molecule has 3 heterocycles. The van der Waals surface area contributed by atoms with Crippen LogP contribution in [0.5, 0.6) is 0 Å². The molecule has 2 aromatic heterocycles. The normalized spacial score (nSPS) is 16.6. The molecule has 1 aliphatic heterocycles. The number of hydrogen-bond donors (Lipinski definition) is 1. The van der Waals surface area contributed by atoms with E-state index in [4.69, 9.17) is 5.73 Å². The van der Waals surface area contributed by atoms with E-state index in [0.29, 0.717) is 11.4 Å². The summed E-state index contributed by atoms with van der Waals surface area (Å²) in [5.74, 6) is -1.09. The van der Waals surface area contributed by atoms with E-state index in [1.807, 2.05) is 0 Å². The maximum atomic E-state index is 13.3. The Morgan fingerprint density at radius 3 is 2.64 bits per heavy atom. The van der Waals surface area contributed by atoms with Crippen LogP contribution < -0.4 is 10.6 Å². The van der Waals surface area contributed by atoms with Crippen molar-refractivity contribution in [3.8, 4) is 0 Å². The highest BCUT2D eigenvalue weighted by molar-refractivity contribution is 6.17. The number of fused-ring (bicyclic) bond motifs is 1. The van der Waals surface area contributed by atoms with Crippen LogP contribution >= 0.6 is 0 Å². The van der Waals surface area contributed by atoms with Gasteiger partial charge in [-0.25, -0.2) is 0 Å². The number of halogens is 3. The Labute approximate surface area is 186 Å². The number of amides is 1. The molecule has 11 heteroatoms. The van der Waals surface area contributed by atoms with Crippen molar-refractivity contribution >= 4 is 23.1 Å². The number of nitrogens with two attached hydrogens (primary N) is 1. The Morgan fingerprint density at radius 1 is 1.24 bits per heavy atom. The van der Waals surface area contributed by atoms with Crippen LogP contribution in [0.1, 0.15) is 50.6 Å². The molecular formula is C22H19F3N6O2. The van der Waals surface area contributed by atoms with Crippen molar-refractivity contribution in [1.29, 1.82) is 0 Å². The molecule has 2 N–H and O–H groups in total. The van der Waals surface area contributed by atoms with E-state index in [9.17, 15) is 22.8 Å². The molecule has 0 fully saturated rings. The summed E-state index contributed by atoms with van der Waals surface area (Å²) in [5.41, 5.74) is 5.92. The number of carbonyl (C=O) groups excluding carboxylic acids is 2. The molecule has 8 nitrogen and oxygen atoms in total. The predicted molar refractivity (Wildman–Crippen MR) is 113 cm³/mol. The summed E-state index contributed by atoms with van der Waals surface area (Å²) >= 11 is 0. The summed E-state index contributed by atoms with van der Waals surface area (Å²) in [7, 11) is 0. The monoisotopic (exact) mass is 456 g/mol. The lowest BCUT2D eigenvalue weighted by molar-refractivity contribution is -0.138. The van der Waals surface area contributed by atoms with E-state index in [-0.39, 0.29) is 35.1 Å². The van der Waals surface area contributed by atoms with Crippen LogP contribution in [0.4, 0.5) is 18.9 Å². The average Bonchev–Trinajstić information content (AvgIpc) is 3.22. The van der Waals surface area contributed by atoms with E-state index >= 15 is 0 Å². The lowest BCUT2D eigenvalue weighted by Crippen LogP contribution is -2.43. The molecule has 0 spiro atoms. The van der Waals surface area contributed by atoms with Gasteiger partial charge in [-0.05, 0) is 37.6 Å². The van der Waals surface area contributed by atoms with E-state index in [1.165, 1.54) is 53.4 Å². The quantitative estimate of drug-likeness (QED) is 0.476. The fourth-order valence-electron chi connectivity index (χ4n) is 3.74. The van der Waals surface area contributed by atoms with Gasteiger partial charge in [-0.15, -0.1) is 0 Å². The lowest BCUT2D eigenvalue weighted by Gasteiger charge is -2.32. The van der Waals surface area contributed by atoms with Crippen molar-refractivity contribution in [2.45, 2.75) is 26.1 Å². The molecule has 1 aromatic carbocycles. The first-order chi connectivity index (χ1) is 15.6. The second-order valence-electron chi connectivity index (χ2n) is 7.67. The molecule has 1 atom stereocenters. The summed E-state index contributed by atoms with van der Waals surface area (Å²) in [6.07, 6.45) is 2.22. The SMILES string of the molecule is Cc1cc(N2C[C@H](C)n3ncc(C(=O)C=C(N)c4cnccn4)c3C2=O)ccc1C(F)(F)F. The Balaban J connectivity index is 1.69. The maximum Gasteiger partial charge on any atom is 0.416 e. The number of hydrogen-bond acceptors (Lipinski definition) is 6. The Kier molecular flexibility index (Phi) is 5.48. The number of nitrogens with zero attached hydrogens (tertiary/aromatic N) is 5. The van der Waals surface area contributed by atoms with E-state index < -0.39 is 23.4 Å². The topological polar surface area (TPSA) is 107 Å². The molecule has 0 saturated carbocycles. The largest absolute Gasteiger partial charge is 0.416 e. The highest BCUT2D eigenvalue weighted by Crippen LogP contribution is 2.35. The summed E-state index contributed by atoms with van der Waals surface area (Å²) in [6, 6.07) is 3.20. The van der Waals surface area contributed by atoms with Crippen molar-refractivity contribution < 1.29 is 22.8 Å². The van der Waals surface area contributed by atoms with Gasteiger partial charge < -0.3 is 10.6 Å². The standard InChI is InChI=1S/C22H19F3N6O2/c1-12-7-14(3-4-16(12)22(23,24)25)30-11-13(2)31-20(21(30)33)15(9-29-31)19(32)8-17(26)18-10-27-5-6-28-18/h3-10,13H,11,26H2,1-2H3/t13-/m0/s1. The van der Waals surface area contributed by atoms with Gasteiger partial charge in [0.15, 0.2) is 5.78 Å². The lowest BCUT2D eigenvalue weighted by atomic mass is 10.0. The molecule has 0 radical (unpaired) electrons. The number of anilines is 1. The molecule has 0 unspecified atom stereocenters. The van der Waals surface area contributed by atoms with Gasteiger partial charge >= 0.3 is 6.18 Å². The number of allylic oxidation sites excluding steroid dienone is 1. The molecule has 1 amide bonds. The fraction of sp³-hybridized carbons (Fsp3) is 0.227. The molecule has 33 heavy (non-hydrogen) atoms. The van der Waals surface area contributed by atoms with Crippen LogP contribution in [0.3, 0.4) is 0 Å². The van der Waals surface area contributed by atoms with Gasteiger partial charge in [-0.3, -0.25) is 24.2 Å². The predicted octanol–water partition coefficient (Wildman–Crippen LogP) is 3.40. The van der Waals surface area contributed by atoms with Crippen LogP contribution in [-0.2, 0) is 6.18 Å². The zero-order valence-corrected chi connectivity index (χ0v) is 17.7. The average molecular weight is 456 g/mol. The van der Waals surface area contributed by atoms with E-state index in [2.05, 4.69) is 15.1 Å². The van der Waals surface area contributed by atoms with E-state index in [0.717, 1.165) is 12.1 Å². The van der Waals surface area contributed by atoms with Gasteiger partial charge in [0.1, 0.15) is 11.4 Å². The first-order valence-electron chi connectivity index (χ1n) is 9.93. The van der Waals surface area contributed by atoms with Gasteiger partial charge in [0, 0.05) is 30.7 Å². The highest BCUT2D eigenvalue weighted by atomic mass is 19.4. The van der Waals surface area contributed by atoms with Crippen LogP contribution in [0.15, 0.2) is 49.1 Å². The number of rotatable bonds is 4. The van der Waals surface area contributed by atoms with E-state index in [1.54, 1.807) is 6.92 Å². The van der Waals surface area contributed by atoms with Crippen molar-refractivity contribution in [2.75, 3.05) is 11.4 Å². The number of ketones is 1. The minimum Gasteiger partial charge on any atom is -0.397 e. The van der Waals surface area contributed by atoms with Gasteiger partial charge in [0.05, 0.1) is 35.3 Å². The third-order valence-corrected chi connectivity index (χ3v) is 5.35. The van der Waals surface area contributed by atoms with Gasteiger partial charge in [0.25, 0.3) is 5.91 Å². The second-order valence-corrected chi connectivity index (χ2v) is 7.67. The zero-order valence-electron chi connectivity index (χ0n) is 17.7. The molecule has 4 rings (SSSR count). The van der Waals surface area contributed by atoms with Crippen LogP contribution in [0.25, 0.3) is 5.70 Å². The third-order valence-electron chi connectivity index (χ3n) is 5.35. The zero-order chi connectivity index (χ0) is 23.9. The van der Waals surface area contributed by atoms with Gasteiger partial charge in [-0.2, -0.15) is 18.3 Å². The first kappa shape index (κ1) is 22.2. The van der Waals surface area contributed by atoms with Crippen molar-refractivity contribution in [3.63, 3.8) is 0 Å². The molecule has 1 aliphatic rings. The van der Waals surface area contributed by atoms with Crippen LogP contribution in [0.2, 0.25) is 0 Å². The smallest absolute Gasteiger partial charge is 0.397 e. The minimum absolute atomic E-state index is 0.00416. The number of aryl methyl sites for hydroxylation is 1. The summed E-state index contributed by atoms with van der Waals surface area (Å²) in [5, 5.41) is 4.18. The highest BCUT2D eigenvalue weighted by Gasteiger charge is 2.36. The minimum atomic E-state index is -4.49. The van der Waals surface area contributed by atoms with Crippen molar-refractivity contribution in [2.24, 2.45) is 5.73 Å². The van der Waals surface area contributed by atoms with Crippen LogP contribution in [0, 0.1) is 6.92 Å². The van der Waals surface area contributed by atoms with Gasteiger partial charge in [-0.1, -0.05) is 0 Å². The summed E-state index contributed by atoms with van der Waals surface area (Å²) in [4.78, 5) is 35.5. The molecular weight excluding hydrogens is 437 g/mol. The first-order valence-corrected chi connectivity index (χ1v) is 9.93. The molecule has 0 saturated heterocycles. The third kappa shape index (κ3) is 4.09. The summed E-state index contributed by atoms with van der Waals surface area (Å²) in [6.45, 7) is 3.32. The maximum absolute atomic E-state index is 13.3. The molecule has 0 aliphatic carbocycles. The number of benzene rings is 1. The number of aromatic nitrogens is 4. The van der Waals surface area contributed by atoms with Crippen molar-refractivity contribution in [3.05, 3.63) is 77.1 Å². The Bertz CT molecular complexity index is 1270.